The Bertz CT molecular complexity index is 935. The summed E-state index contributed by atoms with van der Waals surface area (Å²) in [4.78, 5) is 26.8. The number of carboxylic acid groups (broad SMARTS) is 1. The van der Waals surface area contributed by atoms with Gasteiger partial charge in [0.05, 0.1) is 6.42 Å². The summed E-state index contributed by atoms with van der Waals surface area (Å²) in [6, 6.07) is 0. The number of carbonyl (C=O) groups is 1. The number of carboxylic acids is 1. The molecule has 1 aliphatic carbocycles. The maximum Gasteiger partial charge on any atom is 0.307 e. The first-order valence-electron chi connectivity index (χ1n) is 8.06. The van der Waals surface area contributed by atoms with E-state index in [1.54, 1.807) is 23.7 Å². The predicted octanol–water partition coefficient (Wildman–Crippen LogP) is 3.57. The molecule has 0 spiro atoms. The van der Waals surface area contributed by atoms with E-state index >= 15 is 0 Å². The highest BCUT2D eigenvalue weighted by Gasteiger charge is 2.24. The molecule has 4 rings (SSSR count). The molecule has 6 heteroatoms. The second-order valence-electron chi connectivity index (χ2n) is 6.14. The van der Waals surface area contributed by atoms with E-state index in [9.17, 15) is 9.90 Å². The molecule has 5 nitrogen and oxygen atoms in total. The van der Waals surface area contributed by atoms with Crippen LogP contribution in [0.5, 0.6) is 0 Å². The van der Waals surface area contributed by atoms with Crippen molar-refractivity contribution in [3.8, 4) is 11.1 Å². The lowest BCUT2D eigenvalue weighted by atomic mass is 9.90. The van der Waals surface area contributed by atoms with Gasteiger partial charge in [-0.05, 0) is 43.7 Å². The van der Waals surface area contributed by atoms with E-state index in [0.29, 0.717) is 0 Å². The number of aliphatic carboxylic acids is 1. The summed E-state index contributed by atoms with van der Waals surface area (Å²) in [5, 5.41) is 10.5. The Morgan fingerprint density at radius 2 is 2.00 bits per heavy atom. The standard InChI is InChI=1S/C18H17N3O2S/c1-10-13(6-15(22)23)16(11-7-19-9-20-8-11)17-12-4-2-3-5-14(12)24-18(17)21-10/h7-9H,2-6H2,1H3,(H,22,23). The summed E-state index contributed by atoms with van der Waals surface area (Å²) in [6.45, 7) is 1.89. The van der Waals surface area contributed by atoms with Crippen LogP contribution in [0.25, 0.3) is 21.3 Å². The van der Waals surface area contributed by atoms with Crippen LogP contribution in [0.3, 0.4) is 0 Å². The van der Waals surface area contributed by atoms with E-state index in [1.165, 1.54) is 29.6 Å². The first kappa shape index (κ1) is 15.2. The van der Waals surface area contributed by atoms with Gasteiger partial charge >= 0.3 is 5.97 Å². The maximum atomic E-state index is 11.4. The molecule has 0 fully saturated rings. The highest BCUT2D eigenvalue weighted by molar-refractivity contribution is 7.19. The van der Waals surface area contributed by atoms with Crippen LogP contribution in [0.15, 0.2) is 18.7 Å². The summed E-state index contributed by atoms with van der Waals surface area (Å²) < 4.78 is 0. The Morgan fingerprint density at radius 3 is 2.75 bits per heavy atom. The molecular formula is C18H17N3O2S. The highest BCUT2D eigenvalue weighted by Crippen LogP contribution is 2.42. The van der Waals surface area contributed by atoms with Crippen molar-refractivity contribution in [1.29, 1.82) is 0 Å². The monoisotopic (exact) mass is 339 g/mol. The molecule has 3 aromatic heterocycles. The lowest BCUT2D eigenvalue weighted by molar-refractivity contribution is -0.136. The number of aryl methyl sites for hydroxylation is 3. The minimum absolute atomic E-state index is 0.0381. The first-order valence-corrected chi connectivity index (χ1v) is 8.87. The van der Waals surface area contributed by atoms with Crippen molar-refractivity contribution in [1.82, 2.24) is 15.0 Å². The minimum atomic E-state index is -0.846. The lowest BCUT2D eigenvalue weighted by Crippen LogP contribution is -2.07. The Balaban J connectivity index is 2.10. The smallest absolute Gasteiger partial charge is 0.307 e. The summed E-state index contributed by atoms with van der Waals surface area (Å²) >= 11 is 1.75. The van der Waals surface area contributed by atoms with Crippen LogP contribution in [0.4, 0.5) is 0 Å². The highest BCUT2D eigenvalue weighted by atomic mass is 32.1. The van der Waals surface area contributed by atoms with E-state index in [4.69, 9.17) is 4.98 Å². The molecule has 0 saturated heterocycles. The molecule has 24 heavy (non-hydrogen) atoms. The van der Waals surface area contributed by atoms with Crippen LogP contribution in [0.1, 0.15) is 34.5 Å². The number of nitrogens with zero attached hydrogens (tertiary/aromatic N) is 3. The van der Waals surface area contributed by atoms with Gasteiger partial charge in [-0.25, -0.2) is 15.0 Å². The SMILES string of the molecule is Cc1nc2sc3c(c2c(-c2cncnc2)c1CC(=O)O)CCCC3. The number of fused-ring (bicyclic) bond motifs is 3. The van der Waals surface area contributed by atoms with Gasteiger partial charge in [0.2, 0.25) is 0 Å². The molecule has 3 heterocycles. The van der Waals surface area contributed by atoms with Crippen molar-refractivity contribution < 1.29 is 9.90 Å². The van der Waals surface area contributed by atoms with E-state index in [-0.39, 0.29) is 6.42 Å². The Labute approximate surface area is 143 Å². The maximum absolute atomic E-state index is 11.4. The zero-order chi connectivity index (χ0) is 16.7. The third kappa shape index (κ3) is 2.47. The Hall–Kier alpha value is -2.34. The van der Waals surface area contributed by atoms with E-state index in [2.05, 4.69) is 9.97 Å². The van der Waals surface area contributed by atoms with Crippen molar-refractivity contribution in [3.05, 3.63) is 40.4 Å². The van der Waals surface area contributed by atoms with Crippen LogP contribution >= 0.6 is 11.3 Å². The largest absolute Gasteiger partial charge is 0.481 e. The molecule has 0 saturated carbocycles. The normalized spacial score (nSPS) is 13.9. The molecule has 0 aliphatic heterocycles. The molecule has 0 atom stereocenters. The van der Waals surface area contributed by atoms with Gasteiger partial charge in [-0.1, -0.05) is 0 Å². The van der Waals surface area contributed by atoms with Crippen LogP contribution in [0, 0.1) is 6.92 Å². The van der Waals surface area contributed by atoms with E-state index in [1.807, 2.05) is 6.92 Å². The van der Waals surface area contributed by atoms with Gasteiger partial charge in [0.1, 0.15) is 11.2 Å². The van der Waals surface area contributed by atoms with Crippen molar-refractivity contribution in [2.24, 2.45) is 0 Å². The third-order valence-electron chi connectivity index (χ3n) is 4.59. The van der Waals surface area contributed by atoms with E-state index < -0.39 is 5.97 Å². The zero-order valence-electron chi connectivity index (χ0n) is 13.4. The molecule has 1 N–H and O–H groups in total. The number of aromatic nitrogens is 3. The fourth-order valence-electron chi connectivity index (χ4n) is 3.55. The average molecular weight is 339 g/mol. The van der Waals surface area contributed by atoms with Crippen LogP contribution in [-0.4, -0.2) is 26.0 Å². The Kier molecular flexibility index (Phi) is 3.76. The third-order valence-corrected chi connectivity index (χ3v) is 5.77. The van der Waals surface area contributed by atoms with Gasteiger partial charge in [-0.2, -0.15) is 0 Å². The minimum Gasteiger partial charge on any atom is -0.481 e. The Morgan fingerprint density at radius 1 is 1.25 bits per heavy atom. The predicted molar refractivity (Wildman–Crippen MR) is 93.4 cm³/mol. The molecule has 122 valence electrons. The number of rotatable bonds is 3. The van der Waals surface area contributed by atoms with Gasteiger partial charge in [0, 0.05) is 39.5 Å². The van der Waals surface area contributed by atoms with Gasteiger partial charge in [-0.15, -0.1) is 11.3 Å². The summed E-state index contributed by atoms with van der Waals surface area (Å²) in [5.41, 5.74) is 4.73. The molecule has 0 amide bonds. The zero-order valence-corrected chi connectivity index (χ0v) is 14.2. The molecule has 0 bridgehead atoms. The number of hydrogen-bond acceptors (Lipinski definition) is 5. The van der Waals surface area contributed by atoms with Crippen LogP contribution in [-0.2, 0) is 24.1 Å². The fourth-order valence-corrected chi connectivity index (χ4v) is 4.87. The molecule has 0 aromatic carbocycles. The summed E-state index contributed by atoms with van der Waals surface area (Å²) in [7, 11) is 0. The van der Waals surface area contributed by atoms with Crippen molar-refractivity contribution >= 4 is 27.5 Å². The average Bonchev–Trinajstić information content (AvgIpc) is 2.93. The molecule has 3 aromatic rings. The summed E-state index contributed by atoms with van der Waals surface area (Å²) in [5.74, 6) is -0.846. The summed E-state index contributed by atoms with van der Waals surface area (Å²) in [6.07, 6.45) is 9.50. The fraction of sp³-hybridized carbons (Fsp3) is 0.333. The first-order chi connectivity index (χ1) is 11.6. The number of pyridine rings is 1. The van der Waals surface area contributed by atoms with E-state index in [0.717, 1.165) is 45.4 Å². The van der Waals surface area contributed by atoms with Crippen molar-refractivity contribution in [3.63, 3.8) is 0 Å². The molecule has 1 aliphatic rings. The lowest BCUT2D eigenvalue weighted by Gasteiger charge is -2.15. The quantitative estimate of drug-likeness (QED) is 0.789. The van der Waals surface area contributed by atoms with Gasteiger partial charge in [0.25, 0.3) is 0 Å². The number of thiophene rings is 1. The van der Waals surface area contributed by atoms with Gasteiger partial charge < -0.3 is 5.11 Å². The van der Waals surface area contributed by atoms with Gasteiger partial charge in [-0.3, -0.25) is 4.79 Å². The van der Waals surface area contributed by atoms with Crippen molar-refractivity contribution in [2.75, 3.05) is 0 Å². The molecule has 0 unspecified atom stereocenters. The topological polar surface area (TPSA) is 76.0 Å². The second kappa shape index (κ2) is 5.94. The molecular weight excluding hydrogens is 322 g/mol. The van der Waals surface area contributed by atoms with Crippen molar-refractivity contribution in [2.45, 2.75) is 39.0 Å². The van der Waals surface area contributed by atoms with Gasteiger partial charge in [0.15, 0.2) is 0 Å². The second-order valence-corrected chi connectivity index (χ2v) is 7.22. The molecule has 0 radical (unpaired) electrons. The van der Waals surface area contributed by atoms with Crippen LogP contribution in [0.2, 0.25) is 0 Å². The van der Waals surface area contributed by atoms with Crippen LogP contribution < -0.4 is 0 Å². The number of hydrogen-bond donors (Lipinski definition) is 1.